The highest BCUT2D eigenvalue weighted by atomic mass is 32.2. The number of carbonyl (C=O) groups is 2. The van der Waals surface area contributed by atoms with Gasteiger partial charge in [-0.2, -0.15) is 4.31 Å². The van der Waals surface area contributed by atoms with Gasteiger partial charge in [-0.1, -0.05) is 5.16 Å². The number of carbonyl (C=O) groups excluding carboxylic acids is 2. The zero-order chi connectivity index (χ0) is 22.6. The molecular weight excluding hydrogens is 426 g/mol. The maximum absolute atomic E-state index is 12.2. The Morgan fingerprint density at radius 2 is 1.74 bits per heavy atom. The maximum atomic E-state index is 12.2. The number of esters is 1. The van der Waals surface area contributed by atoms with Crippen LogP contribution in [0.2, 0.25) is 0 Å². The van der Waals surface area contributed by atoms with Crippen molar-refractivity contribution < 1.29 is 32.0 Å². The Labute approximate surface area is 180 Å². The van der Waals surface area contributed by atoms with Crippen LogP contribution in [-0.4, -0.2) is 73.7 Å². The summed E-state index contributed by atoms with van der Waals surface area (Å²) < 4.78 is 40.3. The Morgan fingerprint density at radius 1 is 1.10 bits per heavy atom. The molecule has 1 aliphatic rings. The van der Waals surface area contributed by atoms with Crippen LogP contribution < -0.4 is 4.74 Å². The van der Waals surface area contributed by atoms with Crippen LogP contribution >= 0.6 is 0 Å². The van der Waals surface area contributed by atoms with E-state index in [1.165, 1.54) is 9.21 Å². The molecule has 1 amide bonds. The Hall–Kier alpha value is -2.92. The Balaban J connectivity index is 1.46. The minimum atomic E-state index is -3.27. The molecule has 1 aliphatic heterocycles. The largest absolute Gasteiger partial charge is 0.489 e. The lowest BCUT2D eigenvalue weighted by Crippen LogP contribution is -2.51. The topological polar surface area (TPSA) is 119 Å². The standard InChI is InChI=1S/C20H25N3O7S/c1-14-18(15(2)30-21-14)12-28-17-6-4-16(5-7-17)20(25)29-13-19(24)22-8-10-23(11-9-22)31(3,26)27/h4-7H,8-13H2,1-3H3. The average molecular weight is 452 g/mol. The number of hydrogen-bond donors (Lipinski definition) is 0. The molecular formula is C20H25N3O7S. The smallest absolute Gasteiger partial charge is 0.338 e. The second-order valence-corrected chi connectivity index (χ2v) is 9.22. The first-order chi connectivity index (χ1) is 14.6. The minimum Gasteiger partial charge on any atom is -0.489 e. The Morgan fingerprint density at radius 3 is 2.29 bits per heavy atom. The van der Waals surface area contributed by atoms with Crippen LogP contribution in [0, 0.1) is 13.8 Å². The molecule has 2 aromatic rings. The van der Waals surface area contributed by atoms with E-state index in [2.05, 4.69) is 5.16 Å². The summed E-state index contributed by atoms with van der Waals surface area (Å²) >= 11 is 0. The molecule has 1 saturated heterocycles. The second kappa shape index (κ2) is 9.48. The maximum Gasteiger partial charge on any atom is 0.338 e. The lowest BCUT2D eigenvalue weighted by molar-refractivity contribution is -0.135. The Bertz CT molecular complexity index is 1020. The molecule has 1 aromatic heterocycles. The third kappa shape index (κ3) is 5.82. The molecule has 0 aliphatic carbocycles. The fraction of sp³-hybridized carbons (Fsp3) is 0.450. The first kappa shape index (κ1) is 22.8. The van der Waals surface area contributed by atoms with Crippen LogP contribution in [0.4, 0.5) is 0 Å². The van der Waals surface area contributed by atoms with Crippen molar-refractivity contribution in [2.45, 2.75) is 20.5 Å². The predicted octanol–water partition coefficient (Wildman–Crippen LogP) is 1.13. The summed E-state index contributed by atoms with van der Waals surface area (Å²) in [6.07, 6.45) is 1.14. The summed E-state index contributed by atoms with van der Waals surface area (Å²) in [5.41, 5.74) is 1.93. The zero-order valence-corrected chi connectivity index (χ0v) is 18.5. The number of hydrogen-bond acceptors (Lipinski definition) is 8. The predicted molar refractivity (Wildman–Crippen MR) is 110 cm³/mol. The minimum absolute atomic E-state index is 0.230. The molecule has 2 heterocycles. The number of piperazine rings is 1. The molecule has 1 aromatic carbocycles. The van der Waals surface area contributed by atoms with Gasteiger partial charge in [0.2, 0.25) is 10.0 Å². The summed E-state index contributed by atoms with van der Waals surface area (Å²) in [5, 5.41) is 3.87. The van der Waals surface area contributed by atoms with Crippen molar-refractivity contribution in [3.05, 3.63) is 46.8 Å². The van der Waals surface area contributed by atoms with E-state index >= 15 is 0 Å². The number of nitrogens with zero attached hydrogens (tertiary/aromatic N) is 3. The first-order valence-corrected chi connectivity index (χ1v) is 11.5. The number of ether oxygens (including phenoxy) is 2. The number of sulfonamides is 1. The summed E-state index contributed by atoms with van der Waals surface area (Å²) in [6.45, 7) is 4.53. The molecule has 168 valence electrons. The van der Waals surface area contributed by atoms with Gasteiger partial charge in [0, 0.05) is 26.2 Å². The van der Waals surface area contributed by atoms with Gasteiger partial charge < -0.3 is 18.9 Å². The fourth-order valence-corrected chi connectivity index (χ4v) is 3.95. The average Bonchev–Trinajstić information content (AvgIpc) is 3.07. The van der Waals surface area contributed by atoms with E-state index in [1.54, 1.807) is 24.3 Å². The van der Waals surface area contributed by atoms with Gasteiger partial charge >= 0.3 is 5.97 Å². The van der Waals surface area contributed by atoms with Crippen molar-refractivity contribution in [3.8, 4) is 5.75 Å². The molecule has 3 rings (SSSR count). The molecule has 31 heavy (non-hydrogen) atoms. The van der Waals surface area contributed by atoms with Crippen molar-refractivity contribution in [2.75, 3.05) is 39.0 Å². The first-order valence-electron chi connectivity index (χ1n) is 9.70. The van der Waals surface area contributed by atoms with Crippen LogP contribution in [0.1, 0.15) is 27.4 Å². The highest BCUT2D eigenvalue weighted by molar-refractivity contribution is 7.88. The fourth-order valence-electron chi connectivity index (χ4n) is 3.12. The number of aryl methyl sites for hydroxylation is 2. The molecule has 0 radical (unpaired) electrons. The van der Waals surface area contributed by atoms with E-state index in [0.717, 1.165) is 17.5 Å². The van der Waals surface area contributed by atoms with E-state index in [9.17, 15) is 18.0 Å². The van der Waals surface area contributed by atoms with Gasteiger partial charge in [-0.05, 0) is 38.1 Å². The highest BCUT2D eigenvalue weighted by Gasteiger charge is 2.26. The van der Waals surface area contributed by atoms with Crippen molar-refractivity contribution in [3.63, 3.8) is 0 Å². The van der Waals surface area contributed by atoms with Crippen molar-refractivity contribution in [2.24, 2.45) is 0 Å². The van der Waals surface area contributed by atoms with Gasteiger partial charge in [0.1, 0.15) is 18.1 Å². The molecule has 0 spiro atoms. The van der Waals surface area contributed by atoms with Gasteiger partial charge in [0.05, 0.1) is 23.1 Å². The molecule has 0 N–H and O–H groups in total. The molecule has 1 fully saturated rings. The lowest BCUT2D eigenvalue weighted by atomic mass is 10.2. The van der Waals surface area contributed by atoms with E-state index in [1.807, 2.05) is 13.8 Å². The van der Waals surface area contributed by atoms with E-state index in [4.69, 9.17) is 14.0 Å². The van der Waals surface area contributed by atoms with Crippen molar-refractivity contribution in [1.29, 1.82) is 0 Å². The molecule has 0 unspecified atom stereocenters. The molecule has 10 nitrogen and oxygen atoms in total. The normalized spacial score (nSPS) is 15.0. The molecule has 0 atom stereocenters. The molecule has 0 bridgehead atoms. The van der Waals surface area contributed by atoms with Crippen molar-refractivity contribution >= 4 is 21.9 Å². The van der Waals surface area contributed by atoms with Gasteiger partial charge in [-0.15, -0.1) is 0 Å². The van der Waals surface area contributed by atoms with Gasteiger partial charge in [-0.25, -0.2) is 13.2 Å². The third-order valence-corrected chi connectivity index (χ3v) is 6.34. The van der Waals surface area contributed by atoms with E-state index in [0.29, 0.717) is 23.7 Å². The van der Waals surface area contributed by atoms with E-state index < -0.39 is 22.6 Å². The molecule has 11 heteroatoms. The monoisotopic (exact) mass is 451 g/mol. The van der Waals surface area contributed by atoms with Crippen LogP contribution in [-0.2, 0) is 26.2 Å². The quantitative estimate of drug-likeness (QED) is 0.575. The number of aromatic nitrogens is 1. The summed E-state index contributed by atoms with van der Waals surface area (Å²) in [5.74, 6) is 0.276. The Kier molecular flexibility index (Phi) is 6.96. The van der Waals surface area contributed by atoms with Crippen LogP contribution in [0.3, 0.4) is 0 Å². The summed E-state index contributed by atoms with van der Waals surface area (Å²) in [6, 6.07) is 6.39. The number of benzene rings is 1. The van der Waals surface area contributed by atoms with Crippen LogP contribution in [0.25, 0.3) is 0 Å². The highest BCUT2D eigenvalue weighted by Crippen LogP contribution is 2.18. The van der Waals surface area contributed by atoms with Gasteiger partial charge in [0.25, 0.3) is 5.91 Å². The van der Waals surface area contributed by atoms with Crippen molar-refractivity contribution in [1.82, 2.24) is 14.4 Å². The van der Waals surface area contributed by atoms with Gasteiger partial charge in [-0.3, -0.25) is 4.79 Å². The number of rotatable bonds is 7. The summed E-state index contributed by atoms with van der Waals surface area (Å²) in [7, 11) is -3.27. The van der Waals surface area contributed by atoms with Crippen LogP contribution in [0.15, 0.2) is 28.8 Å². The SMILES string of the molecule is Cc1noc(C)c1COc1ccc(C(=O)OCC(=O)N2CCN(S(C)(=O)=O)CC2)cc1. The van der Waals surface area contributed by atoms with E-state index in [-0.39, 0.29) is 32.1 Å². The summed E-state index contributed by atoms with van der Waals surface area (Å²) in [4.78, 5) is 26.0. The second-order valence-electron chi connectivity index (χ2n) is 7.23. The third-order valence-electron chi connectivity index (χ3n) is 5.04. The zero-order valence-electron chi connectivity index (χ0n) is 17.7. The lowest BCUT2D eigenvalue weighted by Gasteiger charge is -2.33. The number of amides is 1. The van der Waals surface area contributed by atoms with Crippen LogP contribution in [0.5, 0.6) is 5.75 Å². The molecule has 0 saturated carbocycles. The van der Waals surface area contributed by atoms with Gasteiger partial charge in [0.15, 0.2) is 6.61 Å².